The van der Waals surface area contributed by atoms with E-state index in [-0.39, 0.29) is 52.1 Å². The molecule has 1 aliphatic carbocycles. The summed E-state index contributed by atoms with van der Waals surface area (Å²) in [5.74, 6) is -0.771. The number of rotatable bonds is 8. The van der Waals surface area contributed by atoms with Crippen LogP contribution in [0.2, 0.25) is 5.02 Å². The van der Waals surface area contributed by atoms with E-state index in [0.717, 1.165) is 0 Å². The van der Waals surface area contributed by atoms with E-state index in [0.29, 0.717) is 35.7 Å². The topological polar surface area (TPSA) is 122 Å². The maximum Gasteiger partial charge on any atom is 0.237 e. The highest BCUT2D eigenvalue weighted by Crippen LogP contribution is 2.54. The van der Waals surface area contributed by atoms with Crippen molar-refractivity contribution in [2.24, 2.45) is 5.92 Å². The summed E-state index contributed by atoms with van der Waals surface area (Å²) in [7, 11) is 2.85. The van der Waals surface area contributed by atoms with Crippen molar-refractivity contribution in [2.75, 3.05) is 20.8 Å². The molecule has 2 atom stereocenters. The smallest absolute Gasteiger partial charge is 0.237 e. The van der Waals surface area contributed by atoms with Gasteiger partial charge in [0.1, 0.15) is 33.6 Å². The first-order chi connectivity index (χ1) is 20.3. The average molecular weight is 590 g/mol. The minimum absolute atomic E-state index is 0.0343. The maximum absolute atomic E-state index is 14.5. The zero-order valence-corrected chi connectivity index (χ0v) is 24.0. The molecule has 1 N–H and O–H groups in total. The molecular formula is C31H28ClN3O7. The van der Waals surface area contributed by atoms with Crippen molar-refractivity contribution in [1.82, 2.24) is 14.9 Å². The number of imidazole rings is 1. The number of hydrogen-bond acceptors (Lipinski definition) is 8. The van der Waals surface area contributed by atoms with Crippen molar-refractivity contribution >= 4 is 29.1 Å². The van der Waals surface area contributed by atoms with E-state index >= 15 is 0 Å². The molecule has 0 saturated heterocycles. The van der Waals surface area contributed by atoms with Crippen molar-refractivity contribution < 1.29 is 33.0 Å². The van der Waals surface area contributed by atoms with E-state index in [1.807, 2.05) is 34.9 Å². The highest BCUT2D eigenvalue weighted by molar-refractivity contribution is 6.36. The van der Waals surface area contributed by atoms with Crippen LogP contribution < -0.4 is 19.5 Å². The van der Waals surface area contributed by atoms with E-state index < -0.39 is 23.1 Å². The number of ether oxygens (including phenoxy) is 3. The molecule has 0 fully saturated rings. The Morgan fingerprint density at radius 2 is 1.88 bits per heavy atom. The Morgan fingerprint density at radius 3 is 2.57 bits per heavy atom. The third-order valence-corrected chi connectivity index (χ3v) is 8.23. The lowest BCUT2D eigenvalue weighted by Crippen LogP contribution is -2.56. The summed E-state index contributed by atoms with van der Waals surface area (Å²) in [5.41, 5.74) is -0.546. The van der Waals surface area contributed by atoms with Crippen LogP contribution in [0.25, 0.3) is 11.3 Å². The standard InChI is InChI=1S/C31H28ClN3O7/c1-17-13-21-24(29(37)31(17)30(38)25-20(39-2)15-22(40-3)26(32)28(25)42-31)19(27(41-21)18-7-5-4-6-8-18)14-23(36)34-10-12-35-11-9-33-16-35/h4-9,11,15-17H,10,12-14H2,1-3H3,(H,34,36)/t17-,31+/m1/s1. The predicted octanol–water partition coefficient (Wildman–Crippen LogP) is 4.56. The molecule has 0 unspecified atom stereocenters. The van der Waals surface area contributed by atoms with Gasteiger partial charge in [-0.3, -0.25) is 14.4 Å². The second kappa shape index (κ2) is 10.7. The first-order valence-corrected chi connectivity index (χ1v) is 13.8. The molecule has 2 aliphatic rings. The fourth-order valence-corrected chi connectivity index (χ4v) is 6.05. The SMILES string of the molecule is COc1cc(OC)c2c(c1Cl)O[C@@]1(C(=O)c3c(oc(-c4ccccc4)c3CC(=O)NCCn3ccnc3)C[C@H]1C)C2=O. The summed E-state index contributed by atoms with van der Waals surface area (Å²) in [6, 6.07) is 10.7. The van der Waals surface area contributed by atoms with Gasteiger partial charge in [0.2, 0.25) is 23.1 Å². The minimum atomic E-state index is -1.91. The largest absolute Gasteiger partial charge is 0.496 e. The monoisotopic (exact) mass is 589 g/mol. The van der Waals surface area contributed by atoms with Crippen LogP contribution in [0, 0.1) is 5.92 Å². The number of hydrogen-bond donors (Lipinski definition) is 1. The zero-order chi connectivity index (χ0) is 29.6. The van der Waals surface area contributed by atoms with Gasteiger partial charge in [0.25, 0.3) is 0 Å². The number of halogens is 1. The van der Waals surface area contributed by atoms with Gasteiger partial charge in [-0.1, -0.05) is 48.9 Å². The van der Waals surface area contributed by atoms with Gasteiger partial charge in [0.15, 0.2) is 5.75 Å². The van der Waals surface area contributed by atoms with Gasteiger partial charge in [0.05, 0.1) is 32.5 Å². The van der Waals surface area contributed by atoms with E-state index in [2.05, 4.69) is 10.3 Å². The Morgan fingerprint density at radius 1 is 1.14 bits per heavy atom. The highest BCUT2D eigenvalue weighted by Gasteiger charge is 2.63. The third kappa shape index (κ3) is 4.25. The summed E-state index contributed by atoms with van der Waals surface area (Å²) in [5, 5.41) is 2.97. The van der Waals surface area contributed by atoms with E-state index in [9.17, 15) is 14.4 Å². The first kappa shape index (κ1) is 27.6. The Bertz CT molecular complexity index is 1700. The highest BCUT2D eigenvalue weighted by atomic mass is 35.5. The normalized spacial score (nSPS) is 18.9. The van der Waals surface area contributed by atoms with Gasteiger partial charge in [-0.25, -0.2) is 4.98 Å². The maximum atomic E-state index is 14.5. The summed E-state index contributed by atoms with van der Waals surface area (Å²) >= 11 is 6.57. The molecular weight excluding hydrogens is 562 g/mol. The number of Topliss-reactive ketones (excluding diaryl/α,β-unsaturated/α-hetero) is 2. The lowest BCUT2D eigenvalue weighted by molar-refractivity contribution is -0.120. The Kier molecular flexibility index (Phi) is 7.02. The Labute approximate surface area is 246 Å². The molecule has 216 valence electrons. The number of carbonyl (C=O) groups is 3. The van der Waals surface area contributed by atoms with Crippen LogP contribution in [0.15, 0.2) is 59.5 Å². The molecule has 4 aromatic rings. The quantitative estimate of drug-likeness (QED) is 0.297. The molecule has 1 aliphatic heterocycles. The second-order valence-electron chi connectivity index (χ2n) is 10.3. The predicted molar refractivity (Wildman–Crippen MR) is 153 cm³/mol. The van der Waals surface area contributed by atoms with Gasteiger partial charge in [-0.15, -0.1) is 0 Å². The van der Waals surface area contributed by atoms with Gasteiger partial charge in [-0.05, 0) is 0 Å². The van der Waals surface area contributed by atoms with Gasteiger partial charge in [0, 0.05) is 55.0 Å². The molecule has 10 nitrogen and oxygen atoms in total. The van der Waals surface area contributed by atoms with Crippen LogP contribution >= 0.6 is 11.6 Å². The lowest BCUT2D eigenvalue weighted by atomic mass is 9.70. The fraction of sp³-hybridized carbons (Fsp3) is 0.290. The number of aromatic nitrogens is 2. The Hall–Kier alpha value is -4.57. The van der Waals surface area contributed by atoms with Crippen molar-refractivity contribution in [2.45, 2.75) is 31.9 Å². The number of ketones is 2. The van der Waals surface area contributed by atoms with Gasteiger partial charge < -0.3 is 28.5 Å². The van der Waals surface area contributed by atoms with Crippen LogP contribution in [0.3, 0.4) is 0 Å². The molecule has 2 aromatic heterocycles. The molecule has 0 saturated carbocycles. The lowest BCUT2D eigenvalue weighted by Gasteiger charge is -2.35. The molecule has 6 rings (SSSR count). The van der Waals surface area contributed by atoms with Crippen LogP contribution in [0.5, 0.6) is 17.2 Å². The third-order valence-electron chi connectivity index (χ3n) is 7.87. The van der Waals surface area contributed by atoms with Crippen molar-refractivity contribution in [3.05, 3.63) is 82.6 Å². The minimum Gasteiger partial charge on any atom is -0.496 e. The summed E-state index contributed by atoms with van der Waals surface area (Å²) in [6.07, 6.45) is 5.22. The second-order valence-corrected chi connectivity index (χ2v) is 10.7. The number of furan rings is 1. The van der Waals surface area contributed by atoms with Crippen molar-refractivity contribution in [3.63, 3.8) is 0 Å². The molecule has 2 aromatic carbocycles. The van der Waals surface area contributed by atoms with Crippen LogP contribution in [-0.2, 0) is 24.2 Å². The van der Waals surface area contributed by atoms with Crippen LogP contribution in [-0.4, -0.2) is 53.4 Å². The molecule has 1 spiro atoms. The molecule has 1 amide bonds. The number of methoxy groups -OCH3 is 2. The molecule has 0 radical (unpaired) electrons. The van der Waals surface area contributed by atoms with E-state index in [1.54, 1.807) is 25.6 Å². The van der Waals surface area contributed by atoms with E-state index in [4.69, 9.17) is 30.2 Å². The molecule has 0 bridgehead atoms. The molecule has 42 heavy (non-hydrogen) atoms. The fourth-order valence-electron chi connectivity index (χ4n) is 5.79. The summed E-state index contributed by atoms with van der Waals surface area (Å²) in [6.45, 7) is 2.66. The summed E-state index contributed by atoms with van der Waals surface area (Å²) in [4.78, 5) is 45.9. The van der Waals surface area contributed by atoms with Crippen LogP contribution in [0.1, 0.15) is 39.0 Å². The number of amides is 1. The zero-order valence-electron chi connectivity index (χ0n) is 23.2. The molecule has 11 heteroatoms. The van der Waals surface area contributed by atoms with Gasteiger partial charge in [-0.2, -0.15) is 0 Å². The number of nitrogens with zero attached hydrogens (tertiary/aromatic N) is 2. The Balaban J connectivity index is 1.41. The number of carbonyl (C=O) groups excluding carboxylic acids is 3. The number of nitrogens with one attached hydrogen (secondary N) is 1. The summed E-state index contributed by atoms with van der Waals surface area (Å²) < 4.78 is 25.3. The number of benzene rings is 2. The molecule has 3 heterocycles. The average Bonchev–Trinajstić information content (AvgIpc) is 3.71. The first-order valence-electron chi connectivity index (χ1n) is 13.5. The van der Waals surface area contributed by atoms with Gasteiger partial charge >= 0.3 is 0 Å². The number of fused-ring (bicyclic) bond motifs is 2. The van der Waals surface area contributed by atoms with Crippen molar-refractivity contribution in [1.29, 1.82) is 0 Å². The van der Waals surface area contributed by atoms with Crippen molar-refractivity contribution in [3.8, 4) is 28.6 Å². The van der Waals surface area contributed by atoms with Crippen LogP contribution in [0.4, 0.5) is 0 Å². The van der Waals surface area contributed by atoms with E-state index in [1.165, 1.54) is 20.3 Å².